The molecule has 10 heteroatoms. The van der Waals surface area contributed by atoms with Gasteiger partial charge in [0.15, 0.2) is 11.5 Å². The summed E-state index contributed by atoms with van der Waals surface area (Å²) in [5.74, 6) is 0.123. The zero-order chi connectivity index (χ0) is 27.1. The Bertz CT molecular complexity index is 1850. The number of hydrogen-bond acceptors (Lipinski definition) is 6. The topological polar surface area (TPSA) is 125 Å². The fraction of sp³-hybridized carbons (Fsp3) is 0.172. The van der Waals surface area contributed by atoms with E-state index in [4.69, 9.17) is 4.98 Å². The third-order valence-electron chi connectivity index (χ3n) is 6.19. The minimum Gasteiger partial charge on any atom is -0.336 e. The smallest absolute Gasteiger partial charge is 0.224 e. The van der Waals surface area contributed by atoms with Crippen molar-refractivity contribution in [3.05, 3.63) is 73.1 Å². The molecule has 3 N–H and O–H groups in total. The van der Waals surface area contributed by atoms with Crippen LogP contribution < -0.4 is 5.32 Å². The molecule has 5 heterocycles. The number of hydrogen-bond donors (Lipinski definition) is 3. The molecule has 9 nitrogen and oxygen atoms in total. The van der Waals surface area contributed by atoms with Gasteiger partial charge < -0.3 is 10.3 Å². The number of halogens is 1. The summed E-state index contributed by atoms with van der Waals surface area (Å²) in [5.41, 5.74) is 5.86. The second-order valence-electron chi connectivity index (χ2n) is 10.6. The van der Waals surface area contributed by atoms with Crippen LogP contribution in [0, 0.1) is 11.2 Å². The van der Waals surface area contributed by atoms with Crippen molar-refractivity contribution < 1.29 is 9.18 Å². The number of rotatable bonds is 5. The van der Waals surface area contributed by atoms with Gasteiger partial charge in [-0.05, 0) is 35.7 Å². The number of anilines is 1. The number of fused-ring (bicyclic) bond motifs is 2. The Kier molecular flexibility index (Phi) is 5.86. The van der Waals surface area contributed by atoms with E-state index in [1.54, 1.807) is 36.9 Å². The number of H-pyrrole nitrogens is 2. The van der Waals surface area contributed by atoms with Gasteiger partial charge in [-0.25, -0.2) is 14.4 Å². The van der Waals surface area contributed by atoms with E-state index in [1.807, 2.05) is 39.0 Å². The Morgan fingerprint density at radius 3 is 2.64 bits per heavy atom. The second-order valence-corrected chi connectivity index (χ2v) is 10.6. The van der Waals surface area contributed by atoms with E-state index < -0.39 is 0 Å². The Hall–Kier alpha value is -4.99. The van der Waals surface area contributed by atoms with Gasteiger partial charge >= 0.3 is 0 Å². The number of nitrogens with zero attached hydrogens (tertiary/aromatic N) is 5. The number of nitrogens with one attached hydrogen (secondary N) is 3. The van der Waals surface area contributed by atoms with E-state index in [0.717, 1.165) is 22.0 Å². The molecule has 1 amide bonds. The Morgan fingerprint density at radius 2 is 1.82 bits per heavy atom. The van der Waals surface area contributed by atoms with E-state index in [9.17, 15) is 9.18 Å². The molecule has 0 aliphatic rings. The average molecular weight is 521 g/mol. The molecule has 0 bridgehead atoms. The molecular formula is C29H25FN8O. The van der Waals surface area contributed by atoms with Crippen molar-refractivity contribution in [1.29, 1.82) is 0 Å². The number of pyridine rings is 3. The van der Waals surface area contributed by atoms with Gasteiger partial charge in [0.05, 0.1) is 28.5 Å². The van der Waals surface area contributed by atoms with E-state index >= 15 is 0 Å². The van der Waals surface area contributed by atoms with E-state index in [0.29, 0.717) is 46.0 Å². The van der Waals surface area contributed by atoms with Gasteiger partial charge in [-0.15, -0.1) is 0 Å². The molecule has 6 rings (SSSR count). The lowest BCUT2D eigenvalue weighted by atomic mass is 9.92. The van der Waals surface area contributed by atoms with Gasteiger partial charge in [-0.2, -0.15) is 5.10 Å². The molecule has 39 heavy (non-hydrogen) atoms. The second kappa shape index (κ2) is 9.39. The number of aromatic nitrogens is 7. The molecule has 0 atom stereocenters. The molecule has 0 aliphatic heterocycles. The first-order valence-electron chi connectivity index (χ1n) is 12.4. The van der Waals surface area contributed by atoms with Crippen LogP contribution in [0.5, 0.6) is 0 Å². The number of carbonyl (C=O) groups is 1. The number of aromatic amines is 2. The van der Waals surface area contributed by atoms with Crippen molar-refractivity contribution >= 4 is 33.7 Å². The van der Waals surface area contributed by atoms with Crippen molar-refractivity contribution in [1.82, 2.24) is 35.1 Å². The molecule has 6 aromatic rings. The summed E-state index contributed by atoms with van der Waals surface area (Å²) in [6, 6.07) is 11.9. The molecule has 0 unspecified atom stereocenters. The van der Waals surface area contributed by atoms with Crippen LogP contribution in [0.4, 0.5) is 10.1 Å². The van der Waals surface area contributed by atoms with E-state index in [1.165, 1.54) is 12.1 Å². The Balaban J connectivity index is 1.37. The molecule has 0 aliphatic carbocycles. The maximum atomic E-state index is 13.9. The predicted octanol–water partition coefficient (Wildman–Crippen LogP) is 6.14. The highest BCUT2D eigenvalue weighted by Gasteiger charge is 2.18. The fourth-order valence-corrected chi connectivity index (χ4v) is 4.49. The predicted molar refractivity (Wildman–Crippen MR) is 148 cm³/mol. The third kappa shape index (κ3) is 4.96. The number of amides is 1. The van der Waals surface area contributed by atoms with Crippen LogP contribution in [0.1, 0.15) is 27.2 Å². The molecule has 194 valence electrons. The largest absolute Gasteiger partial charge is 0.336 e. The molecule has 0 radical (unpaired) electrons. The van der Waals surface area contributed by atoms with Gasteiger partial charge in [-0.1, -0.05) is 32.9 Å². The van der Waals surface area contributed by atoms with Crippen LogP contribution in [-0.2, 0) is 4.79 Å². The summed E-state index contributed by atoms with van der Waals surface area (Å²) in [6.07, 6.45) is 7.13. The highest BCUT2D eigenvalue weighted by Crippen LogP contribution is 2.32. The molecular weight excluding hydrogens is 495 g/mol. The normalized spacial score (nSPS) is 11.8. The summed E-state index contributed by atoms with van der Waals surface area (Å²) >= 11 is 0. The number of imidazole rings is 1. The van der Waals surface area contributed by atoms with Gasteiger partial charge in [0.25, 0.3) is 0 Å². The molecule has 0 saturated heterocycles. The monoisotopic (exact) mass is 520 g/mol. The SMILES string of the molecule is CC(C)(C)CC(=O)Nc1cncc(-c2cnc3[nH]nc(-c4nc5c(-c6cccc(F)c6)nccc5[nH]4)c3c2)c1. The lowest BCUT2D eigenvalue weighted by molar-refractivity contribution is -0.117. The average Bonchev–Trinajstić information content (AvgIpc) is 3.51. The minimum atomic E-state index is -0.341. The lowest BCUT2D eigenvalue weighted by Gasteiger charge is -2.17. The maximum Gasteiger partial charge on any atom is 0.224 e. The first-order chi connectivity index (χ1) is 18.7. The Morgan fingerprint density at radius 1 is 0.974 bits per heavy atom. The summed E-state index contributed by atoms with van der Waals surface area (Å²) in [6.45, 7) is 6.06. The zero-order valence-corrected chi connectivity index (χ0v) is 21.6. The maximum absolute atomic E-state index is 13.9. The summed E-state index contributed by atoms with van der Waals surface area (Å²) in [4.78, 5) is 33.8. The summed E-state index contributed by atoms with van der Waals surface area (Å²) < 4.78 is 13.9. The highest BCUT2D eigenvalue weighted by atomic mass is 19.1. The lowest BCUT2D eigenvalue weighted by Crippen LogP contribution is -2.19. The van der Waals surface area contributed by atoms with Crippen LogP contribution in [0.3, 0.4) is 0 Å². The standard InChI is InChI=1S/C29H25FN8O/c1-29(2,3)12-23(39)34-20-10-17(13-31-15-20)18-11-21-25(37-38-27(21)33-14-18)28-35-22-7-8-32-24(26(22)36-28)16-5-4-6-19(30)9-16/h4-11,13-15H,12H2,1-3H3,(H,34,39)(H,35,36)(H,33,37,38). The quantitative estimate of drug-likeness (QED) is 0.251. The molecule has 5 aromatic heterocycles. The molecule has 0 saturated carbocycles. The van der Waals surface area contributed by atoms with Gasteiger partial charge in [0.1, 0.15) is 17.0 Å². The van der Waals surface area contributed by atoms with Crippen molar-refractivity contribution in [2.75, 3.05) is 5.32 Å². The van der Waals surface area contributed by atoms with Crippen LogP contribution >= 0.6 is 0 Å². The first-order valence-corrected chi connectivity index (χ1v) is 12.4. The fourth-order valence-electron chi connectivity index (χ4n) is 4.49. The minimum absolute atomic E-state index is 0.0656. The highest BCUT2D eigenvalue weighted by molar-refractivity contribution is 5.96. The summed E-state index contributed by atoms with van der Waals surface area (Å²) in [7, 11) is 0. The summed E-state index contributed by atoms with van der Waals surface area (Å²) in [5, 5.41) is 11.1. The zero-order valence-electron chi connectivity index (χ0n) is 21.6. The van der Waals surface area contributed by atoms with Crippen molar-refractivity contribution in [3.8, 4) is 33.9 Å². The van der Waals surface area contributed by atoms with Crippen molar-refractivity contribution in [2.45, 2.75) is 27.2 Å². The first kappa shape index (κ1) is 24.4. The number of carbonyl (C=O) groups excluding carboxylic acids is 1. The van der Waals surface area contributed by atoms with Gasteiger partial charge in [-0.3, -0.25) is 19.9 Å². The van der Waals surface area contributed by atoms with Crippen molar-refractivity contribution in [2.24, 2.45) is 5.41 Å². The molecule has 1 aromatic carbocycles. The van der Waals surface area contributed by atoms with Crippen molar-refractivity contribution in [3.63, 3.8) is 0 Å². The van der Waals surface area contributed by atoms with Crippen LogP contribution in [0.25, 0.3) is 56.0 Å². The van der Waals surface area contributed by atoms with Crippen LogP contribution in [-0.4, -0.2) is 41.0 Å². The molecule has 0 fully saturated rings. The van der Waals surface area contributed by atoms with Gasteiger partial charge in [0.2, 0.25) is 5.91 Å². The van der Waals surface area contributed by atoms with Crippen LogP contribution in [0.2, 0.25) is 0 Å². The van der Waals surface area contributed by atoms with E-state index in [-0.39, 0.29) is 17.1 Å². The van der Waals surface area contributed by atoms with Crippen LogP contribution in [0.15, 0.2) is 67.3 Å². The number of benzene rings is 1. The molecule has 0 spiro atoms. The third-order valence-corrected chi connectivity index (χ3v) is 6.19. The van der Waals surface area contributed by atoms with E-state index in [2.05, 4.69) is 35.5 Å². The van der Waals surface area contributed by atoms with Gasteiger partial charge in [0, 0.05) is 41.7 Å². The Labute approximate surface area is 223 Å².